The molecule has 0 radical (unpaired) electrons. The first-order valence-electron chi connectivity index (χ1n) is 11.3. The molecule has 0 aliphatic carbocycles. The summed E-state index contributed by atoms with van der Waals surface area (Å²) in [6, 6.07) is 0. The molecule has 0 bridgehead atoms. The Labute approximate surface area is 173 Å². The predicted molar refractivity (Wildman–Crippen MR) is 113 cm³/mol. The fraction of sp³-hybridized carbons (Fsp3) is 1.00. The third-order valence-corrected chi connectivity index (χ3v) is 4.43. The first kappa shape index (κ1) is 27.8. The summed E-state index contributed by atoms with van der Waals surface area (Å²) in [6.45, 7) is 10.3. The SMILES string of the molecule is CCCCCCCCCC(C)COCCOCCOCCOCCOCCO. The van der Waals surface area contributed by atoms with E-state index in [0.717, 1.165) is 6.61 Å². The molecule has 6 nitrogen and oxygen atoms in total. The van der Waals surface area contributed by atoms with Crippen molar-refractivity contribution >= 4 is 0 Å². The van der Waals surface area contributed by atoms with Crippen LogP contribution in [0.3, 0.4) is 0 Å². The zero-order chi connectivity index (χ0) is 20.5. The maximum absolute atomic E-state index is 8.54. The van der Waals surface area contributed by atoms with Crippen LogP contribution in [-0.4, -0.2) is 77.8 Å². The van der Waals surface area contributed by atoms with Gasteiger partial charge in [-0.05, 0) is 12.3 Å². The average molecular weight is 407 g/mol. The molecule has 0 saturated carbocycles. The van der Waals surface area contributed by atoms with Crippen LogP contribution in [0.5, 0.6) is 0 Å². The van der Waals surface area contributed by atoms with Crippen LogP contribution in [0, 0.1) is 5.92 Å². The minimum absolute atomic E-state index is 0.0480. The van der Waals surface area contributed by atoms with Crippen molar-refractivity contribution in [1.82, 2.24) is 0 Å². The Morgan fingerprint density at radius 1 is 0.571 bits per heavy atom. The normalized spacial score (nSPS) is 12.5. The van der Waals surface area contributed by atoms with Gasteiger partial charge in [0.2, 0.25) is 0 Å². The van der Waals surface area contributed by atoms with Crippen molar-refractivity contribution in [1.29, 1.82) is 0 Å². The lowest BCUT2D eigenvalue weighted by Crippen LogP contribution is -2.14. The van der Waals surface area contributed by atoms with Gasteiger partial charge in [0.15, 0.2) is 0 Å². The summed E-state index contributed by atoms with van der Waals surface area (Å²) >= 11 is 0. The molecule has 1 unspecified atom stereocenters. The second-order valence-corrected chi connectivity index (χ2v) is 7.26. The van der Waals surface area contributed by atoms with Crippen LogP contribution in [0.4, 0.5) is 0 Å². The molecule has 0 aromatic rings. The third kappa shape index (κ3) is 23.8. The number of hydrogen-bond donors (Lipinski definition) is 1. The molecule has 0 aromatic heterocycles. The van der Waals surface area contributed by atoms with Crippen molar-refractivity contribution in [3.8, 4) is 0 Å². The van der Waals surface area contributed by atoms with Crippen LogP contribution in [0.15, 0.2) is 0 Å². The molecule has 0 aliphatic heterocycles. The summed E-state index contributed by atoms with van der Waals surface area (Å²) in [6.07, 6.45) is 10.8. The quantitative estimate of drug-likeness (QED) is 0.246. The number of aliphatic hydroxyl groups excluding tert-OH is 1. The lowest BCUT2D eigenvalue weighted by Gasteiger charge is -2.12. The van der Waals surface area contributed by atoms with E-state index in [1.807, 2.05) is 0 Å². The Bertz CT molecular complexity index is 278. The van der Waals surface area contributed by atoms with Crippen LogP contribution in [0.2, 0.25) is 0 Å². The van der Waals surface area contributed by atoms with Gasteiger partial charge in [-0.1, -0.05) is 58.8 Å². The Balaban J connectivity index is 3.10. The van der Waals surface area contributed by atoms with Crippen LogP contribution in [-0.2, 0) is 23.7 Å². The van der Waals surface area contributed by atoms with E-state index in [-0.39, 0.29) is 6.61 Å². The van der Waals surface area contributed by atoms with Crippen molar-refractivity contribution in [2.75, 3.05) is 72.7 Å². The van der Waals surface area contributed by atoms with Crippen molar-refractivity contribution in [3.63, 3.8) is 0 Å². The Kier molecular flexibility index (Phi) is 24.6. The van der Waals surface area contributed by atoms with E-state index in [1.54, 1.807) is 0 Å². The van der Waals surface area contributed by atoms with Crippen molar-refractivity contribution in [2.45, 2.75) is 65.2 Å². The lowest BCUT2D eigenvalue weighted by atomic mass is 10.0. The van der Waals surface area contributed by atoms with Crippen molar-refractivity contribution in [2.24, 2.45) is 5.92 Å². The number of rotatable bonds is 24. The van der Waals surface area contributed by atoms with Crippen LogP contribution in [0.1, 0.15) is 65.2 Å². The Morgan fingerprint density at radius 2 is 1.00 bits per heavy atom. The number of ether oxygens (including phenoxy) is 5. The zero-order valence-electron chi connectivity index (χ0n) is 18.5. The van der Waals surface area contributed by atoms with E-state index < -0.39 is 0 Å². The summed E-state index contributed by atoms with van der Waals surface area (Å²) < 4.78 is 27.0. The van der Waals surface area contributed by atoms with E-state index in [0.29, 0.717) is 65.4 Å². The molecular weight excluding hydrogens is 360 g/mol. The molecule has 0 saturated heterocycles. The standard InChI is InChI=1S/C22H46O6/c1-3-4-5-6-7-8-9-10-22(2)21-28-20-19-27-18-17-26-16-15-25-14-13-24-12-11-23/h22-23H,3-21H2,1-2H3. The summed E-state index contributed by atoms with van der Waals surface area (Å²) in [5.41, 5.74) is 0. The smallest absolute Gasteiger partial charge is 0.0701 e. The van der Waals surface area contributed by atoms with E-state index in [1.165, 1.54) is 51.4 Å². The number of hydrogen-bond acceptors (Lipinski definition) is 6. The second kappa shape index (κ2) is 24.8. The molecule has 0 heterocycles. The van der Waals surface area contributed by atoms with Gasteiger partial charge in [-0.25, -0.2) is 0 Å². The number of unbranched alkanes of at least 4 members (excludes halogenated alkanes) is 6. The average Bonchev–Trinajstić information content (AvgIpc) is 2.70. The molecule has 0 fully saturated rings. The molecule has 0 rings (SSSR count). The zero-order valence-corrected chi connectivity index (χ0v) is 18.5. The first-order chi connectivity index (χ1) is 13.8. The van der Waals surface area contributed by atoms with Gasteiger partial charge in [-0.2, -0.15) is 0 Å². The molecule has 6 heteroatoms. The van der Waals surface area contributed by atoms with Crippen molar-refractivity contribution in [3.05, 3.63) is 0 Å². The van der Waals surface area contributed by atoms with E-state index in [4.69, 9.17) is 28.8 Å². The van der Waals surface area contributed by atoms with E-state index in [2.05, 4.69) is 13.8 Å². The topological polar surface area (TPSA) is 66.4 Å². The Hall–Kier alpha value is -0.240. The monoisotopic (exact) mass is 406 g/mol. The molecule has 1 atom stereocenters. The first-order valence-corrected chi connectivity index (χ1v) is 11.3. The molecule has 0 aromatic carbocycles. The maximum Gasteiger partial charge on any atom is 0.0701 e. The molecule has 1 N–H and O–H groups in total. The molecule has 0 aliphatic rings. The fourth-order valence-electron chi connectivity index (χ4n) is 2.76. The highest BCUT2D eigenvalue weighted by molar-refractivity contribution is 4.53. The van der Waals surface area contributed by atoms with Crippen molar-refractivity contribution < 1.29 is 28.8 Å². The molecule has 0 amide bonds. The minimum atomic E-state index is 0.0480. The number of aliphatic hydroxyl groups is 1. The summed E-state index contributed by atoms with van der Waals surface area (Å²) in [5, 5.41) is 8.54. The van der Waals surface area contributed by atoms with Gasteiger partial charge < -0.3 is 28.8 Å². The highest BCUT2D eigenvalue weighted by Crippen LogP contribution is 2.12. The van der Waals surface area contributed by atoms with Crippen LogP contribution in [0.25, 0.3) is 0 Å². The summed E-state index contributed by atoms with van der Waals surface area (Å²) in [5.74, 6) is 0.632. The predicted octanol–water partition coefficient (Wildman–Crippen LogP) is 3.84. The molecule has 170 valence electrons. The fourth-order valence-corrected chi connectivity index (χ4v) is 2.76. The van der Waals surface area contributed by atoms with Gasteiger partial charge >= 0.3 is 0 Å². The van der Waals surface area contributed by atoms with Gasteiger partial charge in [0.05, 0.1) is 66.1 Å². The van der Waals surface area contributed by atoms with Gasteiger partial charge in [0, 0.05) is 6.61 Å². The van der Waals surface area contributed by atoms with Gasteiger partial charge in [0.25, 0.3) is 0 Å². The van der Waals surface area contributed by atoms with Gasteiger partial charge in [0.1, 0.15) is 0 Å². The van der Waals surface area contributed by atoms with Gasteiger partial charge in [-0.3, -0.25) is 0 Å². The van der Waals surface area contributed by atoms with Crippen LogP contribution < -0.4 is 0 Å². The molecule has 28 heavy (non-hydrogen) atoms. The maximum atomic E-state index is 8.54. The Morgan fingerprint density at radius 3 is 1.50 bits per heavy atom. The molecular formula is C22H46O6. The third-order valence-electron chi connectivity index (χ3n) is 4.43. The van der Waals surface area contributed by atoms with E-state index in [9.17, 15) is 0 Å². The van der Waals surface area contributed by atoms with Crippen LogP contribution >= 0.6 is 0 Å². The molecule has 0 spiro atoms. The summed E-state index contributed by atoms with van der Waals surface area (Å²) in [7, 11) is 0. The second-order valence-electron chi connectivity index (χ2n) is 7.26. The highest BCUT2D eigenvalue weighted by Gasteiger charge is 2.02. The highest BCUT2D eigenvalue weighted by atomic mass is 16.6. The van der Waals surface area contributed by atoms with E-state index >= 15 is 0 Å². The summed E-state index contributed by atoms with van der Waals surface area (Å²) in [4.78, 5) is 0. The largest absolute Gasteiger partial charge is 0.394 e. The minimum Gasteiger partial charge on any atom is -0.394 e. The van der Waals surface area contributed by atoms with Gasteiger partial charge in [-0.15, -0.1) is 0 Å². The lowest BCUT2D eigenvalue weighted by molar-refractivity contribution is -0.0152.